The molecule has 0 aliphatic rings. The first-order chi connectivity index (χ1) is 12.9. The van der Waals surface area contributed by atoms with Gasteiger partial charge >= 0.3 is 6.18 Å². The highest BCUT2D eigenvalue weighted by Gasteiger charge is 2.45. The van der Waals surface area contributed by atoms with Crippen LogP contribution in [0.2, 0.25) is 0 Å². The fourth-order valence-electron chi connectivity index (χ4n) is 2.65. The maximum Gasteiger partial charge on any atom is 0.409 e. The summed E-state index contributed by atoms with van der Waals surface area (Å²) in [7, 11) is -1.86. The van der Waals surface area contributed by atoms with E-state index in [1.807, 2.05) is 31.2 Å². The molecule has 0 saturated carbocycles. The quantitative estimate of drug-likeness (QED) is 0.609. The molecule has 2 atom stereocenters. The van der Waals surface area contributed by atoms with Gasteiger partial charge in [0.15, 0.2) is 11.0 Å². The van der Waals surface area contributed by atoms with E-state index in [2.05, 4.69) is 9.71 Å². The first-order valence-corrected chi connectivity index (χ1v) is 10.6. The van der Waals surface area contributed by atoms with Crippen LogP contribution in [0.1, 0.15) is 42.9 Å². The topological polar surface area (TPSA) is 46.4 Å². The predicted molar refractivity (Wildman–Crippen MR) is 108 cm³/mol. The van der Waals surface area contributed by atoms with E-state index in [9.17, 15) is 17.4 Å². The Morgan fingerprint density at radius 1 is 1.14 bits per heavy atom. The lowest BCUT2D eigenvalue weighted by Gasteiger charge is -2.25. The van der Waals surface area contributed by atoms with Crippen molar-refractivity contribution < 1.29 is 17.4 Å². The normalized spacial score (nSPS) is 15.1. The SMILES string of the molecule is Cc1ccc(-c2cn3c(C)c([C@H](N[S@@](=O)C(C)(C)C)C(F)(F)F)sc3n2)cc1. The molecule has 2 heterocycles. The maximum atomic E-state index is 13.7. The molecule has 0 spiro atoms. The molecule has 0 bridgehead atoms. The van der Waals surface area contributed by atoms with E-state index in [-0.39, 0.29) is 4.88 Å². The number of imidazole rings is 1. The summed E-state index contributed by atoms with van der Waals surface area (Å²) in [6.45, 7) is 8.50. The largest absolute Gasteiger partial charge is 0.409 e. The van der Waals surface area contributed by atoms with E-state index < -0.39 is 28.0 Å². The minimum absolute atomic E-state index is 0.0723. The van der Waals surface area contributed by atoms with Gasteiger partial charge in [-0.05, 0) is 34.6 Å². The van der Waals surface area contributed by atoms with Gasteiger partial charge in [-0.1, -0.05) is 41.2 Å². The second-order valence-corrected chi connectivity index (χ2v) is 10.7. The number of hydrogen-bond donors (Lipinski definition) is 1. The second kappa shape index (κ2) is 7.27. The highest BCUT2D eigenvalue weighted by atomic mass is 32.2. The summed E-state index contributed by atoms with van der Waals surface area (Å²) in [4.78, 5) is 5.04. The van der Waals surface area contributed by atoms with Crippen molar-refractivity contribution >= 4 is 27.3 Å². The molecule has 28 heavy (non-hydrogen) atoms. The van der Waals surface area contributed by atoms with Crippen LogP contribution >= 0.6 is 11.3 Å². The van der Waals surface area contributed by atoms with Gasteiger partial charge in [-0.3, -0.25) is 4.40 Å². The fourth-order valence-corrected chi connectivity index (χ4v) is 4.73. The molecule has 0 fully saturated rings. The van der Waals surface area contributed by atoms with Gasteiger partial charge in [-0.15, -0.1) is 0 Å². The molecule has 0 unspecified atom stereocenters. The molecule has 1 aromatic carbocycles. The van der Waals surface area contributed by atoms with Crippen molar-refractivity contribution in [3.63, 3.8) is 0 Å². The molecular formula is C19H22F3N3OS2. The molecule has 0 aliphatic carbocycles. The van der Waals surface area contributed by atoms with Crippen LogP contribution in [0, 0.1) is 13.8 Å². The average molecular weight is 430 g/mol. The molecule has 0 aliphatic heterocycles. The Hall–Kier alpha value is -1.71. The highest BCUT2D eigenvalue weighted by Crippen LogP contribution is 2.40. The summed E-state index contributed by atoms with van der Waals surface area (Å²) in [6, 6.07) is 5.79. The van der Waals surface area contributed by atoms with Crippen LogP contribution in [0.4, 0.5) is 13.2 Å². The molecule has 152 valence electrons. The molecule has 3 rings (SSSR count). The van der Waals surface area contributed by atoms with E-state index in [0.717, 1.165) is 22.5 Å². The predicted octanol–water partition coefficient (Wildman–Crippen LogP) is 5.33. The number of nitrogens with one attached hydrogen (secondary N) is 1. The molecule has 0 radical (unpaired) electrons. The van der Waals surface area contributed by atoms with E-state index in [1.54, 1.807) is 38.3 Å². The Morgan fingerprint density at radius 2 is 1.75 bits per heavy atom. The Bertz CT molecular complexity index is 1010. The minimum atomic E-state index is -4.58. The number of fused-ring (bicyclic) bond motifs is 1. The molecule has 1 N–H and O–H groups in total. The zero-order valence-corrected chi connectivity index (χ0v) is 17.9. The van der Waals surface area contributed by atoms with E-state index in [4.69, 9.17) is 0 Å². The third kappa shape index (κ3) is 4.16. The number of nitrogens with zero attached hydrogens (tertiary/aromatic N) is 2. The lowest BCUT2D eigenvalue weighted by molar-refractivity contribution is -0.152. The van der Waals surface area contributed by atoms with Gasteiger partial charge in [-0.25, -0.2) is 13.9 Å². The summed E-state index contributed by atoms with van der Waals surface area (Å²) in [6.07, 6.45) is -2.84. The van der Waals surface area contributed by atoms with Gasteiger partial charge in [-0.2, -0.15) is 13.2 Å². The van der Waals surface area contributed by atoms with E-state index in [1.165, 1.54) is 0 Å². The van der Waals surface area contributed by atoms with Gasteiger partial charge in [0.1, 0.15) is 0 Å². The van der Waals surface area contributed by atoms with Crippen molar-refractivity contribution in [2.45, 2.75) is 51.6 Å². The Kier molecular flexibility index (Phi) is 5.46. The Labute approximate surface area is 168 Å². The summed E-state index contributed by atoms with van der Waals surface area (Å²) < 4.78 is 56.6. The summed E-state index contributed by atoms with van der Waals surface area (Å²) in [5.41, 5.74) is 3.17. The first-order valence-electron chi connectivity index (χ1n) is 8.68. The number of aromatic nitrogens is 2. The maximum absolute atomic E-state index is 13.7. The fraction of sp³-hybridized carbons (Fsp3) is 0.421. The summed E-state index contributed by atoms with van der Waals surface area (Å²) >= 11 is 0.965. The van der Waals surface area contributed by atoms with Crippen LogP contribution in [0.25, 0.3) is 16.2 Å². The smallest absolute Gasteiger partial charge is 0.294 e. The Balaban J connectivity index is 2.01. The second-order valence-electron chi connectivity index (χ2n) is 7.67. The molecular weight excluding hydrogens is 407 g/mol. The van der Waals surface area contributed by atoms with Crippen LogP contribution in [-0.4, -0.2) is 24.5 Å². The monoisotopic (exact) mass is 429 g/mol. The lowest BCUT2D eigenvalue weighted by Crippen LogP contribution is -2.41. The number of halogens is 3. The number of aryl methyl sites for hydroxylation is 2. The van der Waals surface area contributed by atoms with E-state index in [0.29, 0.717) is 16.3 Å². The van der Waals surface area contributed by atoms with Crippen molar-refractivity contribution in [1.82, 2.24) is 14.1 Å². The van der Waals surface area contributed by atoms with Gasteiger partial charge in [0, 0.05) is 17.5 Å². The van der Waals surface area contributed by atoms with Gasteiger partial charge in [0.2, 0.25) is 0 Å². The molecule has 0 amide bonds. The number of rotatable bonds is 4. The summed E-state index contributed by atoms with van der Waals surface area (Å²) in [5, 5.41) is 0. The minimum Gasteiger partial charge on any atom is -0.294 e. The van der Waals surface area contributed by atoms with Crippen molar-refractivity contribution in [2.75, 3.05) is 0 Å². The van der Waals surface area contributed by atoms with Crippen LogP contribution in [0.3, 0.4) is 0 Å². The van der Waals surface area contributed by atoms with Crippen molar-refractivity contribution in [2.24, 2.45) is 0 Å². The van der Waals surface area contributed by atoms with Gasteiger partial charge < -0.3 is 0 Å². The first kappa shape index (κ1) is 21.0. The number of benzene rings is 1. The van der Waals surface area contributed by atoms with Crippen LogP contribution in [0.5, 0.6) is 0 Å². The third-order valence-corrected chi connectivity index (χ3v) is 7.09. The van der Waals surface area contributed by atoms with Crippen molar-refractivity contribution in [1.29, 1.82) is 0 Å². The Morgan fingerprint density at radius 3 is 2.25 bits per heavy atom. The van der Waals surface area contributed by atoms with Gasteiger partial charge in [0.25, 0.3) is 0 Å². The number of thiazole rings is 1. The number of hydrogen-bond acceptors (Lipinski definition) is 3. The molecule has 2 aromatic heterocycles. The van der Waals surface area contributed by atoms with Crippen molar-refractivity contribution in [3.05, 3.63) is 46.6 Å². The van der Waals surface area contributed by atoms with Crippen LogP contribution in [-0.2, 0) is 11.0 Å². The third-order valence-electron chi connectivity index (χ3n) is 4.31. The van der Waals surface area contributed by atoms with Crippen LogP contribution in [0.15, 0.2) is 30.5 Å². The number of alkyl halides is 3. The van der Waals surface area contributed by atoms with Crippen LogP contribution < -0.4 is 4.72 Å². The average Bonchev–Trinajstić information content (AvgIpc) is 3.11. The standard InChI is InChI=1S/C19H22F3N3OS2/c1-11-6-8-13(9-7-11)14-10-25-12(2)15(27-17(25)23-14)16(19(20,21)22)24-28(26)18(3,4)5/h6-10,16,24H,1-5H3/t16-,28-/m0/s1. The molecule has 3 aromatic rings. The zero-order valence-electron chi connectivity index (χ0n) is 16.2. The summed E-state index contributed by atoms with van der Waals surface area (Å²) in [5.74, 6) is 0. The molecule has 0 saturated heterocycles. The zero-order chi connectivity index (χ0) is 20.9. The van der Waals surface area contributed by atoms with Crippen molar-refractivity contribution in [3.8, 4) is 11.3 Å². The molecule has 9 heteroatoms. The van der Waals surface area contributed by atoms with Gasteiger partial charge in [0.05, 0.1) is 26.3 Å². The molecule has 4 nitrogen and oxygen atoms in total. The lowest BCUT2D eigenvalue weighted by atomic mass is 10.1. The highest BCUT2D eigenvalue weighted by molar-refractivity contribution is 7.84. The van der Waals surface area contributed by atoms with E-state index >= 15 is 0 Å².